The van der Waals surface area contributed by atoms with Crippen LogP contribution in [-0.2, 0) is 11.2 Å². The van der Waals surface area contributed by atoms with Crippen molar-refractivity contribution in [2.45, 2.75) is 18.9 Å². The molecule has 0 aromatic heterocycles. The summed E-state index contributed by atoms with van der Waals surface area (Å²) in [5.41, 5.74) is 6.43. The van der Waals surface area contributed by atoms with Crippen molar-refractivity contribution < 1.29 is 9.90 Å². The quantitative estimate of drug-likeness (QED) is 0.762. The van der Waals surface area contributed by atoms with E-state index in [1.807, 2.05) is 13.0 Å². The fraction of sp³-hybridized carbons (Fsp3) is 0.417. The summed E-state index contributed by atoms with van der Waals surface area (Å²) in [6.07, 6.45) is 0.324. The van der Waals surface area contributed by atoms with Crippen LogP contribution in [0.2, 0.25) is 0 Å². The lowest BCUT2D eigenvalue weighted by Crippen LogP contribution is -2.67. The molecule has 3 N–H and O–H groups in total. The molecule has 1 saturated heterocycles. The Hall–Kier alpha value is -1.55. The van der Waals surface area contributed by atoms with Gasteiger partial charge in [0.05, 0.1) is 6.42 Å². The van der Waals surface area contributed by atoms with Crippen LogP contribution in [0.5, 0.6) is 5.75 Å². The summed E-state index contributed by atoms with van der Waals surface area (Å²) in [6, 6.07) is 6.77. The lowest BCUT2D eigenvalue weighted by atomic mass is 9.93. The minimum Gasteiger partial charge on any atom is -0.508 e. The third-order valence-corrected chi connectivity index (χ3v) is 2.72. The summed E-state index contributed by atoms with van der Waals surface area (Å²) in [5.74, 6) is 0.256. The zero-order chi connectivity index (χ0) is 11.8. The molecule has 1 aliphatic heterocycles. The molecule has 1 heterocycles. The van der Waals surface area contributed by atoms with Crippen molar-refractivity contribution in [3.05, 3.63) is 29.8 Å². The number of hydrogen-bond acceptors (Lipinski definition) is 3. The smallest absolute Gasteiger partial charge is 0.227 e. The van der Waals surface area contributed by atoms with Crippen LogP contribution in [0, 0.1) is 0 Å². The Kier molecular flexibility index (Phi) is 2.59. The fourth-order valence-electron chi connectivity index (χ4n) is 1.95. The van der Waals surface area contributed by atoms with Gasteiger partial charge < -0.3 is 15.7 Å². The van der Waals surface area contributed by atoms with Gasteiger partial charge in [-0.05, 0) is 24.6 Å². The lowest BCUT2D eigenvalue weighted by Gasteiger charge is -2.45. The molecule has 1 aromatic rings. The van der Waals surface area contributed by atoms with Crippen LogP contribution in [0.25, 0.3) is 0 Å². The Balaban J connectivity index is 1.94. The SMILES string of the molecule is CC1(N)CN(C(=O)Cc2cccc(O)c2)C1. The second-order valence-electron chi connectivity index (χ2n) is 4.75. The predicted octanol–water partition coefficient (Wildman–Crippen LogP) is 0.494. The van der Waals surface area contributed by atoms with Crippen LogP contribution in [-0.4, -0.2) is 34.5 Å². The first-order valence-corrected chi connectivity index (χ1v) is 5.31. The van der Waals surface area contributed by atoms with Gasteiger partial charge in [-0.25, -0.2) is 0 Å². The van der Waals surface area contributed by atoms with Gasteiger partial charge in [-0.2, -0.15) is 0 Å². The number of nitrogens with two attached hydrogens (primary N) is 1. The molecule has 0 atom stereocenters. The number of phenolic OH excluding ortho intramolecular Hbond substituents is 1. The van der Waals surface area contributed by atoms with Crippen molar-refractivity contribution in [2.75, 3.05) is 13.1 Å². The summed E-state index contributed by atoms with van der Waals surface area (Å²) >= 11 is 0. The number of benzene rings is 1. The minimum atomic E-state index is -0.228. The highest BCUT2D eigenvalue weighted by Gasteiger charge is 2.37. The van der Waals surface area contributed by atoms with E-state index in [1.165, 1.54) is 0 Å². The van der Waals surface area contributed by atoms with E-state index in [1.54, 1.807) is 23.1 Å². The molecule has 0 aliphatic carbocycles. The van der Waals surface area contributed by atoms with E-state index in [0.717, 1.165) is 5.56 Å². The van der Waals surface area contributed by atoms with Crippen LogP contribution in [0.15, 0.2) is 24.3 Å². The molecule has 0 radical (unpaired) electrons. The van der Waals surface area contributed by atoms with E-state index in [2.05, 4.69) is 0 Å². The van der Waals surface area contributed by atoms with E-state index >= 15 is 0 Å². The fourth-order valence-corrected chi connectivity index (χ4v) is 1.95. The normalized spacial score (nSPS) is 18.0. The minimum absolute atomic E-state index is 0.0634. The van der Waals surface area contributed by atoms with Gasteiger partial charge in [0.2, 0.25) is 5.91 Å². The highest BCUT2D eigenvalue weighted by Crippen LogP contribution is 2.19. The molecule has 0 bridgehead atoms. The molecule has 16 heavy (non-hydrogen) atoms. The third-order valence-electron chi connectivity index (χ3n) is 2.72. The average molecular weight is 220 g/mol. The Bertz CT molecular complexity index is 407. The summed E-state index contributed by atoms with van der Waals surface area (Å²) in [6.45, 7) is 3.17. The van der Waals surface area contributed by atoms with Crippen LogP contribution in [0.3, 0.4) is 0 Å². The molecular formula is C12H16N2O2. The number of amides is 1. The van der Waals surface area contributed by atoms with Crippen molar-refractivity contribution in [1.29, 1.82) is 0 Å². The molecular weight excluding hydrogens is 204 g/mol. The van der Waals surface area contributed by atoms with E-state index in [0.29, 0.717) is 19.5 Å². The van der Waals surface area contributed by atoms with Gasteiger partial charge in [-0.15, -0.1) is 0 Å². The zero-order valence-corrected chi connectivity index (χ0v) is 9.31. The van der Waals surface area contributed by atoms with Gasteiger partial charge >= 0.3 is 0 Å². The standard InChI is InChI=1S/C12H16N2O2/c1-12(13)7-14(8-12)11(16)6-9-3-2-4-10(15)5-9/h2-5,15H,6-8,13H2,1H3. The molecule has 4 heteroatoms. The lowest BCUT2D eigenvalue weighted by molar-refractivity contribution is -0.137. The summed E-state index contributed by atoms with van der Waals surface area (Å²) < 4.78 is 0. The average Bonchev–Trinajstić information content (AvgIpc) is 2.13. The number of phenols is 1. The topological polar surface area (TPSA) is 66.6 Å². The first-order chi connectivity index (χ1) is 7.46. The zero-order valence-electron chi connectivity index (χ0n) is 9.31. The Labute approximate surface area is 94.7 Å². The van der Waals surface area contributed by atoms with Crippen LogP contribution < -0.4 is 5.73 Å². The first kappa shape index (κ1) is 11.0. The number of carbonyl (C=O) groups is 1. The van der Waals surface area contributed by atoms with E-state index < -0.39 is 0 Å². The maximum Gasteiger partial charge on any atom is 0.227 e. The number of carbonyl (C=O) groups excluding carboxylic acids is 1. The van der Waals surface area contributed by atoms with Crippen LogP contribution >= 0.6 is 0 Å². The molecule has 4 nitrogen and oxygen atoms in total. The van der Waals surface area contributed by atoms with Gasteiger partial charge in [0.25, 0.3) is 0 Å². The second-order valence-corrected chi connectivity index (χ2v) is 4.75. The molecule has 0 saturated carbocycles. The maximum atomic E-state index is 11.8. The summed E-state index contributed by atoms with van der Waals surface area (Å²) in [5, 5.41) is 9.27. The molecule has 86 valence electrons. The number of rotatable bonds is 2. The van der Waals surface area contributed by atoms with Gasteiger partial charge in [0, 0.05) is 18.6 Å². The molecule has 1 amide bonds. The largest absolute Gasteiger partial charge is 0.508 e. The molecule has 1 aromatic carbocycles. The number of aromatic hydroxyl groups is 1. The first-order valence-electron chi connectivity index (χ1n) is 5.31. The van der Waals surface area contributed by atoms with E-state index in [4.69, 9.17) is 5.73 Å². The van der Waals surface area contributed by atoms with Crippen molar-refractivity contribution in [2.24, 2.45) is 5.73 Å². The highest BCUT2D eigenvalue weighted by molar-refractivity contribution is 5.80. The van der Waals surface area contributed by atoms with Crippen LogP contribution in [0.4, 0.5) is 0 Å². The van der Waals surface area contributed by atoms with Crippen molar-refractivity contribution in [3.63, 3.8) is 0 Å². The van der Waals surface area contributed by atoms with Gasteiger partial charge in [-0.3, -0.25) is 4.79 Å². The summed E-state index contributed by atoms with van der Waals surface area (Å²) in [4.78, 5) is 13.5. The van der Waals surface area contributed by atoms with Crippen molar-refractivity contribution in [3.8, 4) is 5.75 Å². The van der Waals surface area contributed by atoms with Gasteiger partial charge in [0.15, 0.2) is 0 Å². The van der Waals surface area contributed by atoms with Crippen molar-refractivity contribution in [1.82, 2.24) is 4.90 Å². The molecule has 0 unspecified atom stereocenters. The van der Waals surface area contributed by atoms with E-state index in [9.17, 15) is 9.90 Å². The van der Waals surface area contributed by atoms with Crippen LogP contribution in [0.1, 0.15) is 12.5 Å². The Morgan fingerprint density at radius 3 is 2.81 bits per heavy atom. The number of nitrogens with zero attached hydrogens (tertiary/aromatic N) is 1. The van der Waals surface area contributed by atoms with E-state index in [-0.39, 0.29) is 17.2 Å². The summed E-state index contributed by atoms with van der Waals surface area (Å²) in [7, 11) is 0. The third kappa shape index (κ3) is 2.33. The van der Waals surface area contributed by atoms with Gasteiger partial charge in [-0.1, -0.05) is 12.1 Å². The second kappa shape index (κ2) is 3.79. The monoisotopic (exact) mass is 220 g/mol. The Morgan fingerprint density at radius 2 is 2.25 bits per heavy atom. The molecule has 2 rings (SSSR count). The molecule has 1 aliphatic rings. The number of likely N-dealkylation sites (tertiary alicyclic amines) is 1. The highest BCUT2D eigenvalue weighted by atomic mass is 16.3. The maximum absolute atomic E-state index is 11.8. The molecule has 1 fully saturated rings. The van der Waals surface area contributed by atoms with Crippen molar-refractivity contribution >= 4 is 5.91 Å². The molecule has 0 spiro atoms. The number of hydrogen-bond donors (Lipinski definition) is 2. The Morgan fingerprint density at radius 1 is 1.56 bits per heavy atom. The van der Waals surface area contributed by atoms with Gasteiger partial charge in [0.1, 0.15) is 5.75 Å². The predicted molar refractivity (Wildman–Crippen MR) is 61.0 cm³/mol.